The summed E-state index contributed by atoms with van der Waals surface area (Å²) in [5.74, 6) is -0.419. The topological polar surface area (TPSA) is 81.4 Å². The van der Waals surface area contributed by atoms with E-state index in [9.17, 15) is 14.7 Å². The Labute approximate surface area is 192 Å². The fourth-order valence-electron chi connectivity index (χ4n) is 4.08. The standard InChI is InChI=1S/C27H26N2O4/c1-17-8-9-20(28-16-17)12-13-33-21-10-11-22(18(2)14-21)27(32)29-19(3)24(15-26(30)31)23-6-4-5-7-25(23)29/h4-11,14,16H,12-13,15H2,1-3H3,(H,30,31). The van der Waals surface area contributed by atoms with Crippen LogP contribution in [0, 0.1) is 20.8 Å². The van der Waals surface area contributed by atoms with Gasteiger partial charge in [-0.1, -0.05) is 24.3 Å². The zero-order chi connectivity index (χ0) is 23.5. The molecule has 0 aliphatic carbocycles. The molecule has 0 bridgehead atoms. The maximum absolute atomic E-state index is 13.5. The van der Waals surface area contributed by atoms with Crippen molar-refractivity contribution in [1.29, 1.82) is 0 Å². The molecule has 0 unspecified atom stereocenters. The van der Waals surface area contributed by atoms with Crippen molar-refractivity contribution in [3.63, 3.8) is 0 Å². The van der Waals surface area contributed by atoms with E-state index in [2.05, 4.69) is 4.98 Å². The predicted octanol–water partition coefficient (Wildman–Crippen LogP) is 4.90. The summed E-state index contributed by atoms with van der Waals surface area (Å²) < 4.78 is 7.49. The monoisotopic (exact) mass is 442 g/mol. The molecule has 0 aliphatic rings. The van der Waals surface area contributed by atoms with Gasteiger partial charge in [-0.25, -0.2) is 0 Å². The first-order valence-corrected chi connectivity index (χ1v) is 10.9. The Bertz CT molecular complexity index is 1340. The molecule has 168 valence electrons. The van der Waals surface area contributed by atoms with Crippen molar-refractivity contribution in [3.05, 3.63) is 94.4 Å². The highest BCUT2D eigenvalue weighted by Crippen LogP contribution is 2.28. The zero-order valence-corrected chi connectivity index (χ0v) is 19.0. The number of pyridine rings is 1. The van der Waals surface area contributed by atoms with Crippen LogP contribution >= 0.6 is 0 Å². The van der Waals surface area contributed by atoms with Crippen molar-refractivity contribution >= 4 is 22.8 Å². The van der Waals surface area contributed by atoms with Gasteiger partial charge in [0, 0.05) is 35.0 Å². The van der Waals surface area contributed by atoms with Crippen LogP contribution < -0.4 is 4.74 Å². The minimum absolute atomic E-state index is 0.131. The van der Waals surface area contributed by atoms with E-state index in [1.165, 1.54) is 0 Å². The highest BCUT2D eigenvalue weighted by molar-refractivity contribution is 6.05. The van der Waals surface area contributed by atoms with Crippen molar-refractivity contribution in [2.24, 2.45) is 0 Å². The number of hydrogen-bond donors (Lipinski definition) is 1. The lowest BCUT2D eigenvalue weighted by Gasteiger charge is -2.12. The van der Waals surface area contributed by atoms with Gasteiger partial charge in [0.2, 0.25) is 0 Å². The molecular formula is C27H26N2O4. The maximum atomic E-state index is 13.5. The van der Waals surface area contributed by atoms with Gasteiger partial charge in [-0.15, -0.1) is 0 Å². The largest absolute Gasteiger partial charge is 0.493 e. The Morgan fingerprint density at radius 3 is 2.52 bits per heavy atom. The second-order valence-corrected chi connectivity index (χ2v) is 8.19. The van der Waals surface area contributed by atoms with Gasteiger partial charge in [0.05, 0.1) is 18.5 Å². The van der Waals surface area contributed by atoms with E-state index in [1.807, 2.05) is 62.5 Å². The number of hydrogen-bond acceptors (Lipinski definition) is 4. The zero-order valence-electron chi connectivity index (χ0n) is 19.0. The number of benzene rings is 2. The van der Waals surface area contributed by atoms with E-state index in [4.69, 9.17) is 4.74 Å². The van der Waals surface area contributed by atoms with Gasteiger partial charge in [-0.05, 0) is 67.8 Å². The summed E-state index contributed by atoms with van der Waals surface area (Å²) in [6.45, 7) is 6.16. The Hall–Kier alpha value is -3.93. The molecule has 2 aromatic heterocycles. The highest BCUT2D eigenvalue weighted by atomic mass is 16.5. The van der Waals surface area contributed by atoms with Gasteiger partial charge in [-0.3, -0.25) is 19.1 Å². The highest BCUT2D eigenvalue weighted by Gasteiger charge is 2.22. The van der Waals surface area contributed by atoms with E-state index in [1.54, 1.807) is 23.6 Å². The maximum Gasteiger partial charge on any atom is 0.307 e. The van der Waals surface area contributed by atoms with E-state index in [0.29, 0.717) is 41.1 Å². The Morgan fingerprint density at radius 1 is 1.03 bits per heavy atom. The fraction of sp³-hybridized carbons (Fsp3) is 0.222. The quantitative estimate of drug-likeness (QED) is 0.440. The molecular weight excluding hydrogens is 416 g/mol. The summed E-state index contributed by atoms with van der Waals surface area (Å²) in [6, 6.07) is 16.8. The lowest BCUT2D eigenvalue weighted by molar-refractivity contribution is -0.136. The summed E-state index contributed by atoms with van der Waals surface area (Å²) in [4.78, 5) is 29.3. The van der Waals surface area contributed by atoms with Crippen LogP contribution in [0.15, 0.2) is 60.8 Å². The number of nitrogens with zero attached hydrogens (tertiary/aromatic N) is 2. The second kappa shape index (κ2) is 9.28. The van der Waals surface area contributed by atoms with Crippen molar-refractivity contribution in [2.75, 3.05) is 6.61 Å². The number of carbonyl (C=O) groups is 2. The summed E-state index contributed by atoms with van der Waals surface area (Å²) in [5.41, 5.74) is 5.45. The Kier molecular flexibility index (Phi) is 6.27. The van der Waals surface area contributed by atoms with Crippen molar-refractivity contribution in [2.45, 2.75) is 33.6 Å². The molecule has 0 saturated carbocycles. The number of fused-ring (bicyclic) bond motifs is 1. The van der Waals surface area contributed by atoms with E-state index < -0.39 is 5.97 Å². The van der Waals surface area contributed by atoms with Gasteiger partial charge in [0.25, 0.3) is 5.91 Å². The average molecular weight is 443 g/mol. The molecule has 6 heteroatoms. The van der Waals surface area contributed by atoms with E-state index in [0.717, 1.165) is 22.2 Å². The van der Waals surface area contributed by atoms with E-state index >= 15 is 0 Å². The number of aromatic nitrogens is 2. The molecule has 1 N–H and O–H groups in total. The molecule has 0 aliphatic heterocycles. The van der Waals surface area contributed by atoms with Crippen molar-refractivity contribution in [1.82, 2.24) is 9.55 Å². The summed E-state index contributed by atoms with van der Waals surface area (Å²) in [6.07, 6.45) is 2.41. The van der Waals surface area contributed by atoms with E-state index in [-0.39, 0.29) is 12.3 Å². The predicted molar refractivity (Wildman–Crippen MR) is 127 cm³/mol. The average Bonchev–Trinajstić information content (AvgIpc) is 3.06. The number of ether oxygens (including phenoxy) is 1. The van der Waals surface area contributed by atoms with Crippen LogP contribution in [0.5, 0.6) is 5.75 Å². The van der Waals surface area contributed by atoms with Crippen molar-refractivity contribution < 1.29 is 19.4 Å². The van der Waals surface area contributed by atoms with Gasteiger partial charge in [-0.2, -0.15) is 0 Å². The van der Waals surface area contributed by atoms with Gasteiger partial charge in [0.1, 0.15) is 5.75 Å². The lowest BCUT2D eigenvalue weighted by atomic mass is 10.1. The molecule has 33 heavy (non-hydrogen) atoms. The Morgan fingerprint density at radius 2 is 1.82 bits per heavy atom. The lowest BCUT2D eigenvalue weighted by Crippen LogP contribution is -2.15. The molecule has 0 spiro atoms. The normalized spacial score (nSPS) is 11.0. The molecule has 0 radical (unpaired) electrons. The molecule has 6 nitrogen and oxygen atoms in total. The van der Waals surface area contributed by atoms with Crippen LogP contribution in [0.1, 0.15) is 38.4 Å². The number of para-hydroxylation sites is 1. The minimum atomic E-state index is -0.924. The summed E-state index contributed by atoms with van der Waals surface area (Å²) in [7, 11) is 0. The molecule has 4 rings (SSSR count). The number of carbonyl (C=O) groups excluding carboxylic acids is 1. The summed E-state index contributed by atoms with van der Waals surface area (Å²) >= 11 is 0. The van der Waals surface area contributed by atoms with Gasteiger partial charge >= 0.3 is 5.97 Å². The third kappa shape index (κ3) is 4.65. The SMILES string of the molecule is Cc1ccc(CCOc2ccc(C(=O)n3c(C)c(CC(=O)O)c4ccccc43)c(C)c2)nc1. The molecule has 0 atom stereocenters. The second-order valence-electron chi connectivity index (χ2n) is 8.19. The number of rotatable bonds is 7. The first-order valence-electron chi connectivity index (χ1n) is 10.9. The summed E-state index contributed by atoms with van der Waals surface area (Å²) in [5, 5.41) is 10.1. The van der Waals surface area contributed by atoms with Crippen LogP contribution in [-0.2, 0) is 17.6 Å². The number of carboxylic acid groups (broad SMARTS) is 1. The molecule has 2 heterocycles. The Balaban J connectivity index is 1.57. The number of aliphatic carboxylic acids is 1. The van der Waals surface area contributed by atoms with Crippen LogP contribution in [0.3, 0.4) is 0 Å². The van der Waals surface area contributed by atoms with Gasteiger partial charge < -0.3 is 9.84 Å². The first-order chi connectivity index (χ1) is 15.8. The number of carboxylic acids is 1. The fourth-order valence-corrected chi connectivity index (χ4v) is 4.08. The van der Waals surface area contributed by atoms with Gasteiger partial charge in [0.15, 0.2) is 0 Å². The third-order valence-electron chi connectivity index (χ3n) is 5.80. The third-order valence-corrected chi connectivity index (χ3v) is 5.80. The smallest absolute Gasteiger partial charge is 0.307 e. The molecule has 2 aromatic carbocycles. The first kappa shape index (κ1) is 22.3. The molecule has 0 fully saturated rings. The van der Waals surface area contributed by atoms with Crippen molar-refractivity contribution in [3.8, 4) is 5.75 Å². The molecule has 0 saturated heterocycles. The molecule has 4 aromatic rings. The van der Waals surface area contributed by atoms with Crippen LogP contribution in [0.4, 0.5) is 0 Å². The van der Waals surface area contributed by atoms with Crippen LogP contribution in [0.25, 0.3) is 10.9 Å². The molecule has 0 amide bonds. The van der Waals surface area contributed by atoms with Crippen LogP contribution in [0.2, 0.25) is 0 Å². The number of aryl methyl sites for hydroxylation is 2. The van der Waals surface area contributed by atoms with Crippen LogP contribution in [-0.4, -0.2) is 33.1 Å². The minimum Gasteiger partial charge on any atom is -0.493 e.